The fourth-order valence-electron chi connectivity index (χ4n) is 3.24. The molecule has 2 amide bonds. The van der Waals surface area contributed by atoms with Gasteiger partial charge < -0.3 is 10.2 Å². The lowest BCUT2D eigenvalue weighted by Crippen LogP contribution is -2.33. The molecule has 2 aromatic rings. The van der Waals surface area contributed by atoms with Gasteiger partial charge in [-0.3, -0.25) is 24.2 Å². The van der Waals surface area contributed by atoms with E-state index in [1.165, 1.54) is 6.92 Å². The van der Waals surface area contributed by atoms with E-state index in [0.29, 0.717) is 24.5 Å². The number of likely N-dealkylation sites (tertiary alicyclic amines) is 1. The molecule has 1 N–H and O–H groups in total. The summed E-state index contributed by atoms with van der Waals surface area (Å²) in [6.45, 7) is 6.48. The van der Waals surface area contributed by atoms with Crippen molar-refractivity contribution in [3.63, 3.8) is 0 Å². The van der Waals surface area contributed by atoms with Gasteiger partial charge in [0.05, 0.1) is 36.4 Å². The molecule has 3 rings (SSSR count). The smallest absolute Gasteiger partial charge is 0.272 e. The van der Waals surface area contributed by atoms with Crippen LogP contribution in [0.5, 0.6) is 0 Å². The molecule has 0 bridgehead atoms. The lowest BCUT2D eigenvalue weighted by Gasteiger charge is -2.25. The predicted octanol–water partition coefficient (Wildman–Crippen LogP) is 1.87. The van der Waals surface area contributed by atoms with Crippen molar-refractivity contribution in [2.24, 2.45) is 0 Å². The third-order valence-corrected chi connectivity index (χ3v) is 4.46. The van der Waals surface area contributed by atoms with Crippen molar-refractivity contribution in [1.29, 1.82) is 0 Å². The van der Waals surface area contributed by atoms with Crippen LogP contribution in [0.3, 0.4) is 0 Å². The van der Waals surface area contributed by atoms with Crippen LogP contribution >= 0.6 is 0 Å². The molecule has 138 valence electrons. The summed E-state index contributed by atoms with van der Waals surface area (Å²) in [5.41, 5.74) is 2.03. The van der Waals surface area contributed by atoms with E-state index < -0.39 is 0 Å². The van der Waals surface area contributed by atoms with E-state index in [4.69, 9.17) is 0 Å². The molecule has 1 aliphatic rings. The molecule has 0 aromatic carbocycles. The largest absolute Gasteiger partial charge is 0.351 e. The number of hydrogen-bond donors (Lipinski definition) is 1. The molecule has 0 aliphatic carbocycles. The van der Waals surface area contributed by atoms with Crippen LogP contribution in [-0.4, -0.2) is 43.0 Å². The van der Waals surface area contributed by atoms with Gasteiger partial charge in [-0.15, -0.1) is 0 Å². The first-order valence-electron chi connectivity index (χ1n) is 8.87. The lowest BCUT2D eigenvalue weighted by molar-refractivity contribution is -0.119. The Labute approximate surface area is 152 Å². The maximum atomic E-state index is 13.1. The predicted molar refractivity (Wildman–Crippen MR) is 95.2 cm³/mol. The average Bonchev–Trinajstić information content (AvgIpc) is 3.29. The van der Waals surface area contributed by atoms with Gasteiger partial charge in [0, 0.05) is 25.7 Å². The summed E-state index contributed by atoms with van der Waals surface area (Å²) < 4.78 is 1.75. The SMILES string of the molecule is CC(=O)NCc1cncc([C@@H]2CCCN2C(=O)c2ccnn2C(C)C)n1. The van der Waals surface area contributed by atoms with Gasteiger partial charge in [-0.05, 0) is 32.8 Å². The molecule has 0 spiro atoms. The zero-order chi connectivity index (χ0) is 18.7. The highest BCUT2D eigenvalue weighted by atomic mass is 16.2. The summed E-state index contributed by atoms with van der Waals surface area (Å²) in [5.74, 6) is -0.149. The Bertz CT molecular complexity index is 800. The number of aromatic nitrogens is 4. The van der Waals surface area contributed by atoms with Crippen molar-refractivity contribution in [3.05, 3.63) is 41.7 Å². The Morgan fingerprint density at radius 2 is 2.15 bits per heavy atom. The number of hydrogen-bond acceptors (Lipinski definition) is 5. The first-order chi connectivity index (χ1) is 12.5. The maximum Gasteiger partial charge on any atom is 0.272 e. The van der Waals surface area contributed by atoms with Crippen molar-refractivity contribution < 1.29 is 9.59 Å². The van der Waals surface area contributed by atoms with E-state index in [-0.39, 0.29) is 23.9 Å². The van der Waals surface area contributed by atoms with E-state index in [1.54, 1.807) is 29.3 Å². The van der Waals surface area contributed by atoms with Crippen LogP contribution in [0.1, 0.15) is 67.6 Å². The fraction of sp³-hybridized carbons (Fsp3) is 0.500. The molecule has 1 aliphatic heterocycles. The van der Waals surface area contributed by atoms with Gasteiger partial charge in [-0.2, -0.15) is 5.10 Å². The number of rotatable bonds is 5. The highest BCUT2D eigenvalue weighted by Gasteiger charge is 2.33. The maximum absolute atomic E-state index is 13.1. The van der Waals surface area contributed by atoms with Gasteiger partial charge in [-0.25, -0.2) is 0 Å². The molecular formula is C18H24N6O2. The van der Waals surface area contributed by atoms with E-state index in [0.717, 1.165) is 18.5 Å². The molecule has 1 atom stereocenters. The topological polar surface area (TPSA) is 93.0 Å². The monoisotopic (exact) mass is 356 g/mol. The minimum Gasteiger partial charge on any atom is -0.351 e. The Hall–Kier alpha value is -2.77. The van der Waals surface area contributed by atoms with Crippen molar-refractivity contribution in [1.82, 2.24) is 30.0 Å². The third-order valence-electron chi connectivity index (χ3n) is 4.46. The van der Waals surface area contributed by atoms with Crippen LogP contribution in [0, 0.1) is 0 Å². The highest BCUT2D eigenvalue weighted by molar-refractivity contribution is 5.93. The fourth-order valence-corrected chi connectivity index (χ4v) is 3.24. The van der Waals surface area contributed by atoms with Crippen LogP contribution in [-0.2, 0) is 11.3 Å². The molecular weight excluding hydrogens is 332 g/mol. The van der Waals surface area contributed by atoms with Gasteiger partial charge in [0.2, 0.25) is 5.91 Å². The third kappa shape index (κ3) is 3.74. The standard InChI is InChI=1S/C18H24N6O2/c1-12(2)24-17(6-7-21-24)18(26)23-8-4-5-16(23)15-11-19-9-14(22-15)10-20-13(3)25/h6-7,9,11-12,16H,4-5,8,10H2,1-3H3,(H,20,25)/t16-/m0/s1. The molecule has 0 saturated carbocycles. The molecule has 2 aromatic heterocycles. The summed E-state index contributed by atoms with van der Waals surface area (Å²) in [6, 6.07) is 1.77. The molecule has 0 unspecified atom stereocenters. The van der Waals surface area contributed by atoms with Crippen LogP contribution < -0.4 is 5.32 Å². The summed E-state index contributed by atoms with van der Waals surface area (Å²) in [7, 11) is 0. The van der Waals surface area contributed by atoms with E-state index in [2.05, 4.69) is 20.4 Å². The molecule has 3 heterocycles. The van der Waals surface area contributed by atoms with E-state index >= 15 is 0 Å². The van der Waals surface area contributed by atoms with E-state index in [9.17, 15) is 9.59 Å². The normalized spacial score (nSPS) is 16.9. The summed E-state index contributed by atoms with van der Waals surface area (Å²) in [6.07, 6.45) is 6.76. The zero-order valence-electron chi connectivity index (χ0n) is 15.3. The second kappa shape index (κ2) is 7.63. The minimum atomic E-state index is -0.114. The lowest BCUT2D eigenvalue weighted by atomic mass is 10.1. The quantitative estimate of drug-likeness (QED) is 0.883. The first-order valence-corrected chi connectivity index (χ1v) is 8.87. The van der Waals surface area contributed by atoms with E-state index in [1.807, 2.05) is 18.7 Å². The summed E-state index contributed by atoms with van der Waals surface area (Å²) >= 11 is 0. The number of carbonyl (C=O) groups is 2. The first kappa shape index (κ1) is 18.0. The van der Waals surface area contributed by atoms with Crippen molar-refractivity contribution in [3.8, 4) is 0 Å². The van der Waals surface area contributed by atoms with Crippen molar-refractivity contribution in [2.45, 2.75) is 52.2 Å². The van der Waals surface area contributed by atoms with Gasteiger partial charge >= 0.3 is 0 Å². The van der Waals surface area contributed by atoms with Gasteiger partial charge in [-0.1, -0.05) is 0 Å². The average molecular weight is 356 g/mol. The molecule has 8 nitrogen and oxygen atoms in total. The Morgan fingerprint density at radius 1 is 1.35 bits per heavy atom. The molecule has 8 heteroatoms. The number of nitrogens with zero attached hydrogens (tertiary/aromatic N) is 5. The zero-order valence-corrected chi connectivity index (χ0v) is 15.3. The second-order valence-corrected chi connectivity index (χ2v) is 6.76. The number of nitrogens with one attached hydrogen (secondary N) is 1. The van der Waals surface area contributed by atoms with Crippen LogP contribution in [0.4, 0.5) is 0 Å². The molecule has 1 saturated heterocycles. The van der Waals surface area contributed by atoms with Gasteiger partial charge in [0.1, 0.15) is 5.69 Å². The van der Waals surface area contributed by atoms with Crippen molar-refractivity contribution in [2.75, 3.05) is 6.54 Å². The van der Waals surface area contributed by atoms with Crippen LogP contribution in [0.2, 0.25) is 0 Å². The number of amides is 2. The number of carbonyl (C=O) groups excluding carboxylic acids is 2. The van der Waals surface area contributed by atoms with Crippen molar-refractivity contribution >= 4 is 11.8 Å². The Morgan fingerprint density at radius 3 is 2.88 bits per heavy atom. The van der Waals surface area contributed by atoms with Crippen LogP contribution in [0.25, 0.3) is 0 Å². The van der Waals surface area contributed by atoms with Crippen LogP contribution in [0.15, 0.2) is 24.7 Å². The Balaban J connectivity index is 1.82. The second-order valence-electron chi connectivity index (χ2n) is 6.76. The molecule has 26 heavy (non-hydrogen) atoms. The summed E-state index contributed by atoms with van der Waals surface area (Å²) in [4.78, 5) is 34.9. The Kier molecular flexibility index (Phi) is 5.29. The molecule has 1 fully saturated rings. The van der Waals surface area contributed by atoms with Gasteiger partial charge in [0.15, 0.2) is 0 Å². The highest BCUT2D eigenvalue weighted by Crippen LogP contribution is 2.32. The summed E-state index contributed by atoms with van der Waals surface area (Å²) in [5, 5.41) is 6.98. The molecule has 0 radical (unpaired) electrons. The minimum absolute atomic E-state index is 0.0345. The van der Waals surface area contributed by atoms with Gasteiger partial charge in [0.25, 0.3) is 5.91 Å².